The summed E-state index contributed by atoms with van der Waals surface area (Å²) in [6.45, 7) is 1.20. The van der Waals surface area contributed by atoms with Crippen molar-refractivity contribution in [1.29, 1.82) is 0 Å². The number of nitrogens with one attached hydrogen (secondary N) is 2. The van der Waals surface area contributed by atoms with Crippen molar-refractivity contribution in [2.24, 2.45) is 11.8 Å². The van der Waals surface area contributed by atoms with E-state index in [0.717, 1.165) is 54.7 Å². The Morgan fingerprint density at radius 3 is 1.53 bits per heavy atom. The van der Waals surface area contributed by atoms with E-state index in [4.69, 9.17) is 9.47 Å². The normalized spacial score (nSPS) is 17.9. The SMILES string of the molecule is COc1ccc(CCNC(=O)C2CCCC(C(=O)NCCc3ccc(OC)cc3)C2)cc1. The molecule has 0 bridgehead atoms. The van der Waals surface area contributed by atoms with Gasteiger partial charge in [-0.2, -0.15) is 0 Å². The number of ether oxygens (including phenoxy) is 2. The number of hydrogen-bond acceptors (Lipinski definition) is 4. The highest BCUT2D eigenvalue weighted by molar-refractivity contribution is 5.82. The van der Waals surface area contributed by atoms with Crippen LogP contribution in [0.25, 0.3) is 0 Å². The van der Waals surface area contributed by atoms with Crippen LogP contribution in [0, 0.1) is 11.8 Å². The number of carbonyl (C=O) groups is 2. The lowest BCUT2D eigenvalue weighted by Gasteiger charge is -2.27. The highest BCUT2D eigenvalue weighted by atomic mass is 16.5. The molecule has 172 valence electrons. The van der Waals surface area contributed by atoms with Crippen LogP contribution < -0.4 is 20.1 Å². The lowest BCUT2D eigenvalue weighted by Crippen LogP contribution is -2.39. The average molecular weight is 439 g/mol. The maximum Gasteiger partial charge on any atom is 0.223 e. The second-order valence-electron chi connectivity index (χ2n) is 8.34. The van der Waals surface area contributed by atoms with Gasteiger partial charge in [0.1, 0.15) is 11.5 Å². The summed E-state index contributed by atoms with van der Waals surface area (Å²) in [5.74, 6) is 1.61. The zero-order valence-electron chi connectivity index (χ0n) is 19.1. The molecule has 32 heavy (non-hydrogen) atoms. The largest absolute Gasteiger partial charge is 0.497 e. The van der Waals surface area contributed by atoms with Gasteiger partial charge in [-0.1, -0.05) is 30.7 Å². The third-order valence-electron chi connectivity index (χ3n) is 6.16. The summed E-state index contributed by atoms with van der Waals surface area (Å²) >= 11 is 0. The molecule has 2 unspecified atom stereocenters. The predicted molar refractivity (Wildman–Crippen MR) is 125 cm³/mol. The zero-order chi connectivity index (χ0) is 22.8. The minimum absolute atomic E-state index is 0.0641. The molecule has 0 heterocycles. The molecule has 1 aliphatic rings. The minimum atomic E-state index is -0.0862. The van der Waals surface area contributed by atoms with Gasteiger partial charge in [0.05, 0.1) is 14.2 Å². The molecule has 2 aromatic carbocycles. The van der Waals surface area contributed by atoms with Crippen LogP contribution in [0.1, 0.15) is 36.8 Å². The van der Waals surface area contributed by atoms with Crippen LogP contribution in [0.5, 0.6) is 11.5 Å². The van der Waals surface area contributed by atoms with Gasteiger partial charge in [-0.05, 0) is 67.5 Å². The van der Waals surface area contributed by atoms with E-state index < -0.39 is 0 Å². The maximum atomic E-state index is 12.6. The highest BCUT2D eigenvalue weighted by Crippen LogP contribution is 2.29. The van der Waals surface area contributed by atoms with Crippen molar-refractivity contribution in [3.8, 4) is 11.5 Å². The Balaban J connectivity index is 1.38. The van der Waals surface area contributed by atoms with Crippen LogP contribution in [0.4, 0.5) is 0 Å². The third kappa shape index (κ3) is 7.01. The van der Waals surface area contributed by atoms with E-state index in [9.17, 15) is 9.59 Å². The first-order chi connectivity index (χ1) is 15.6. The number of rotatable bonds is 10. The minimum Gasteiger partial charge on any atom is -0.497 e. The molecule has 0 saturated heterocycles. The van der Waals surface area contributed by atoms with Gasteiger partial charge in [-0.25, -0.2) is 0 Å². The molecule has 6 nitrogen and oxygen atoms in total. The Hall–Kier alpha value is -3.02. The molecule has 0 spiro atoms. The fourth-order valence-electron chi connectivity index (χ4n) is 4.20. The van der Waals surface area contributed by atoms with E-state index in [0.29, 0.717) is 19.5 Å². The smallest absolute Gasteiger partial charge is 0.223 e. The van der Waals surface area contributed by atoms with Crippen molar-refractivity contribution < 1.29 is 19.1 Å². The summed E-state index contributed by atoms with van der Waals surface area (Å²) in [4.78, 5) is 25.3. The Labute approximate surface area is 190 Å². The summed E-state index contributed by atoms with van der Waals surface area (Å²) in [7, 11) is 3.29. The molecule has 0 aromatic heterocycles. The lowest BCUT2D eigenvalue weighted by atomic mass is 9.80. The summed E-state index contributed by atoms with van der Waals surface area (Å²) in [6, 6.07) is 15.8. The van der Waals surface area contributed by atoms with Crippen LogP contribution in [0.3, 0.4) is 0 Å². The summed E-state index contributed by atoms with van der Waals surface area (Å²) < 4.78 is 10.3. The van der Waals surface area contributed by atoms with Gasteiger partial charge in [0.15, 0.2) is 0 Å². The van der Waals surface area contributed by atoms with Gasteiger partial charge in [-0.15, -0.1) is 0 Å². The van der Waals surface area contributed by atoms with Crippen molar-refractivity contribution >= 4 is 11.8 Å². The molecule has 2 aromatic rings. The van der Waals surface area contributed by atoms with Gasteiger partial charge < -0.3 is 20.1 Å². The fraction of sp³-hybridized carbons (Fsp3) is 0.462. The molecule has 3 rings (SSSR count). The Morgan fingerprint density at radius 2 is 1.16 bits per heavy atom. The predicted octanol–water partition coefficient (Wildman–Crippen LogP) is 3.53. The Morgan fingerprint density at radius 1 is 0.750 bits per heavy atom. The number of benzene rings is 2. The summed E-state index contributed by atoms with van der Waals surface area (Å²) in [5.41, 5.74) is 2.31. The van der Waals surface area contributed by atoms with Crippen molar-refractivity contribution in [3.63, 3.8) is 0 Å². The Kier molecular flexibility index (Phi) is 8.96. The quantitative estimate of drug-likeness (QED) is 0.595. The van der Waals surface area contributed by atoms with Gasteiger partial charge in [-0.3, -0.25) is 9.59 Å². The zero-order valence-corrected chi connectivity index (χ0v) is 19.1. The first kappa shape index (κ1) is 23.6. The Bertz CT molecular complexity index is 793. The molecule has 1 saturated carbocycles. The van der Waals surface area contributed by atoms with Crippen molar-refractivity contribution in [1.82, 2.24) is 10.6 Å². The number of carbonyl (C=O) groups excluding carboxylic acids is 2. The molecule has 1 fully saturated rings. The molecule has 6 heteroatoms. The molecule has 2 atom stereocenters. The first-order valence-corrected chi connectivity index (χ1v) is 11.4. The molecule has 2 amide bonds. The van der Waals surface area contributed by atoms with Crippen LogP contribution in [0.15, 0.2) is 48.5 Å². The summed E-state index contributed by atoms with van der Waals surface area (Å²) in [5, 5.41) is 6.10. The molecule has 2 N–H and O–H groups in total. The first-order valence-electron chi connectivity index (χ1n) is 11.4. The van der Waals surface area contributed by atoms with Crippen LogP contribution in [-0.4, -0.2) is 39.1 Å². The maximum absolute atomic E-state index is 12.6. The molecular weight excluding hydrogens is 404 g/mol. The van der Waals surface area contributed by atoms with Crippen LogP contribution in [0.2, 0.25) is 0 Å². The lowest BCUT2D eigenvalue weighted by molar-refractivity contribution is -0.130. The summed E-state index contributed by atoms with van der Waals surface area (Å²) in [6.07, 6.45) is 4.79. The van der Waals surface area contributed by atoms with Crippen molar-refractivity contribution in [3.05, 3.63) is 59.7 Å². The topological polar surface area (TPSA) is 76.7 Å². The van der Waals surface area contributed by atoms with Gasteiger partial charge in [0.2, 0.25) is 11.8 Å². The highest BCUT2D eigenvalue weighted by Gasteiger charge is 2.30. The molecule has 1 aliphatic carbocycles. The van der Waals surface area contributed by atoms with Crippen LogP contribution >= 0.6 is 0 Å². The van der Waals surface area contributed by atoms with E-state index in [-0.39, 0.29) is 23.7 Å². The average Bonchev–Trinajstić information content (AvgIpc) is 2.84. The van der Waals surface area contributed by atoms with Crippen molar-refractivity contribution in [2.75, 3.05) is 27.3 Å². The number of hydrogen-bond donors (Lipinski definition) is 2. The number of amides is 2. The number of methoxy groups -OCH3 is 2. The van der Waals surface area contributed by atoms with Crippen molar-refractivity contribution in [2.45, 2.75) is 38.5 Å². The third-order valence-corrected chi connectivity index (χ3v) is 6.16. The molecular formula is C26H34N2O4. The second kappa shape index (κ2) is 12.1. The van der Waals surface area contributed by atoms with Gasteiger partial charge >= 0.3 is 0 Å². The van der Waals surface area contributed by atoms with Gasteiger partial charge in [0.25, 0.3) is 0 Å². The van der Waals surface area contributed by atoms with Gasteiger partial charge in [0, 0.05) is 24.9 Å². The van der Waals surface area contributed by atoms with E-state index in [1.165, 1.54) is 0 Å². The monoisotopic (exact) mass is 438 g/mol. The fourth-order valence-corrected chi connectivity index (χ4v) is 4.20. The van der Waals surface area contributed by atoms with E-state index in [2.05, 4.69) is 10.6 Å². The molecule has 0 radical (unpaired) electrons. The second-order valence-corrected chi connectivity index (χ2v) is 8.34. The van der Waals surface area contributed by atoms with E-state index >= 15 is 0 Å². The molecule has 0 aliphatic heterocycles. The standard InChI is InChI=1S/C26H34N2O4/c1-31-23-10-6-19(7-11-23)14-16-27-25(29)21-4-3-5-22(18-21)26(30)28-17-15-20-8-12-24(32-2)13-9-20/h6-13,21-22H,3-5,14-18H2,1-2H3,(H,27,29)(H,28,30). The van der Waals surface area contributed by atoms with E-state index in [1.54, 1.807) is 14.2 Å². The van der Waals surface area contributed by atoms with Crippen LogP contribution in [-0.2, 0) is 22.4 Å². The van der Waals surface area contributed by atoms with E-state index in [1.807, 2.05) is 48.5 Å².